The van der Waals surface area contributed by atoms with E-state index < -0.39 is 23.3 Å². The van der Waals surface area contributed by atoms with Gasteiger partial charge < -0.3 is 35.2 Å². The molecule has 3 aliphatic rings. The summed E-state index contributed by atoms with van der Waals surface area (Å²) in [6.45, 7) is 16.2. The number of aliphatic carboxylic acids is 2. The number of allylic oxidation sites excluding steroid dienone is 1. The third kappa shape index (κ3) is 4.42. The average molecular weight is 581 g/mol. The summed E-state index contributed by atoms with van der Waals surface area (Å²) in [7, 11) is 0. The van der Waals surface area contributed by atoms with Crippen LogP contribution in [-0.2, 0) is 27.2 Å². The summed E-state index contributed by atoms with van der Waals surface area (Å²) in [4.78, 5) is 33.8. The number of carboxylic acid groups (broad SMARTS) is 2. The van der Waals surface area contributed by atoms with E-state index >= 15 is 0 Å². The van der Waals surface area contributed by atoms with E-state index in [1.54, 1.807) is 0 Å². The summed E-state index contributed by atoms with van der Waals surface area (Å²) in [6, 6.07) is 0. The number of aromatic nitrogens is 3. The number of H-pyrrole nitrogens is 3. The van der Waals surface area contributed by atoms with E-state index in [0.717, 1.165) is 77.4 Å². The molecule has 6 N–H and O–H groups in total. The third-order valence-corrected chi connectivity index (χ3v) is 9.23. The molecule has 9 heteroatoms. The molecule has 0 aliphatic carbocycles. The Hall–Kier alpha value is -4.76. The van der Waals surface area contributed by atoms with Gasteiger partial charge in [0.05, 0.1) is 0 Å². The lowest BCUT2D eigenvalue weighted by atomic mass is 9.95. The van der Waals surface area contributed by atoms with Crippen LogP contribution >= 0.6 is 0 Å². The molecule has 0 radical (unpaired) electrons. The maximum atomic E-state index is 11.6. The Kier molecular flexibility index (Phi) is 6.54. The number of ether oxygens (including phenoxy) is 1. The molecule has 1 saturated heterocycles. The number of rotatable bonds is 8. The molecular weight excluding hydrogens is 544 g/mol. The molecule has 6 rings (SSSR count). The van der Waals surface area contributed by atoms with E-state index in [9.17, 15) is 19.8 Å². The van der Waals surface area contributed by atoms with E-state index in [1.807, 2.05) is 51.2 Å². The topological polar surface area (TPSA) is 147 Å². The predicted molar refractivity (Wildman–Crippen MR) is 166 cm³/mol. The minimum Gasteiger partial charge on any atom is -0.481 e. The molecule has 3 aliphatic heterocycles. The van der Waals surface area contributed by atoms with Crippen molar-refractivity contribution in [1.82, 2.24) is 20.3 Å². The number of hydrogen-bond donors (Lipinski definition) is 6. The van der Waals surface area contributed by atoms with Crippen LogP contribution in [0.4, 0.5) is 0 Å². The minimum absolute atomic E-state index is 0.0168. The van der Waals surface area contributed by atoms with Crippen molar-refractivity contribution in [3.63, 3.8) is 0 Å². The van der Waals surface area contributed by atoms with Crippen molar-refractivity contribution in [3.05, 3.63) is 96.7 Å². The van der Waals surface area contributed by atoms with E-state index in [2.05, 4.69) is 46.4 Å². The second kappa shape index (κ2) is 9.91. The predicted octanol–water partition coefficient (Wildman–Crippen LogP) is 2.03. The molecule has 8 bridgehead atoms. The lowest BCUT2D eigenvalue weighted by Gasteiger charge is -2.09. The van der Waals surface area contributed by atoms with Crippen LogP contribution in [0, 0.1) is 20.8 Å². The quantitative estimate of drug-likeness (QED) is 0.225. The monoisotopic (exact) mass is 580 g/mol. The number of epoxide rings is 1. The van der Waals surface area contributed by atoms with Crippen LogP contribution in [0.1, 0.15) is 64.5 Å². The number of fused-ring (bicyclic) bond motifs is 7. The van der Waals surface area contributed by atoms with Gasteiger partial charge in [-0.15, -0.1) is 0 Å². The summed E-state index contributed by atoms with van der Waals surface area (Å²) in [5, 5.41) is 26.0. The number of nitrogens with one attached hydrogen (secondary N) is 4. The molecular formula is C34H36N4O5. The summed E-state index contributed by atoms with van der Waals surface area (Å²) in [6.07, 6.45) is 12.4. The van der Waals surface area contributed by atoms with Gasteiger partial charge in [0.25, 0.3) is 0 Å². The van der Waals surface area contributed by atoms with Crippen LogP contribution in [0.15, 0.2) is 30.5 Å². The van der Waals surface area contributed by atoms with Crippen molar-refractivity contribution in [2.45, 2.75) is 64.7 Å². The van der Waals surface area contributed by atoms with Crippen molar-refractivity contribution in [1.29, 1.82) is 0 Å². The van der Waals surface area contributed by atoms with Gasteiger partial charge in [-0.2, -0.15) is 0 Å². The summed E-state index contributed by atoms with van der Waals surface area (Å²) >= 11 is 0. The molecule has 0 aromatic carbocycles. The van der Waals surface area contributed by atoms with Gasteiger partial charge in [0.15, 0.2) is 5.72 Å². The molecule has 3 aromatic rings. The second-order valence-electron chi connectivity index (χ2n) is 11.7. The highest BCUT2D eigenvalue weighted by molar-refractivity contribution is 5.71. The highest BCUT2D eigenvalue weighted by atomic mass is 16.7. The van der Waals surface area contributed by atoms with E-state index in [4.69, 9.17) is 4.74 Å². The maximum absolute atomic E-state index is 11.6. The van der Waals surface area contributed by atoms with Crippen molar-refractivity contribution >= 4 is 42.3 Å². The van der Waals surface area contributed by atoms with Gasteiger partial charge in [0.1, 0.15) is 5.60 Å². The van der Waals surface area contributed by atoms with Gasteiger partial charge in [0.2, 0.25) is 0 Å². The smallest absolute Gasteiger partial charge is 0.303 e. The number of carbonyl (C=O) groups is 2. The maximum Gasteiger partial charge on any atom is 0.303 e. The molecule has 0 amide bonds. The summed E-state index contributed by atoms with van der Waals surface area (Å²) in [5.74, 6) is -1.75. The molecule has 1 spiro atoms. The van der Waals surface area contributed by atoms with Crippen LogP contribution in [0.3, 0.4) is 0 Å². The number of carboxylic acids is 2. The molecule has 6 heterocycles. The van der Waals surface area contributed by atoms with Crippen LogP contribution in [0.2, 0.25) is 0 Å². The van der Waals surface area contributed by atoms with Gasteiger partial charge >= 0.3 is 11.9 Å². The summed E-state index contributed by atoms with van der Waals surface area (Å²) < 4.78 is 6.36. The Morgan fingerprint density at radius 3 is 2.12 bits per heavy atom. The van der Waals surface area contributed by atoms with Crippen molar-refractivity contribution < 1.29 is 24.5 Å². The SMILES string of the molecule is C=CC1=C2/C=c3\[nH]/c(c(C=C)c3C)=C\c3[nH]c(c(CCC(=O)O)c3C)/C=c3\[nH]/c(c(C)c3CCC(=O)O)=C\[C@]3(N2)O[C@@]13C. The first-order valence-electron chi connectivity index (χ1n) is 14.4. The highest BCUT2D eigenvalue weighted by Crippen LogP contribution is 2.57. The van der Waals surface area contributed by atoms with E-state index in [-0.39, 0.29) is 12.8 Å². The van der Waals surface area contributed by atoms with Crippen LogP contribution in [-0.4, -0.2) is 48.4 Å². The van der Waals surface area contributed by atoms with E-state index in [0.29, 0.717) is 12.8 Å². The average Bonchev–Trinajstić information content (AvgIpc) is 3.18. The molecule has 1 fully saturated rings. The van der Waals surface area contributed by atoms with Crippen LogP contribution < -0.4 is 26.7 Å². The molecule has 2 atom stereocenters. The fraction of sp³-hybridized carbons (Fsp3) is 0.294. The standard InChI is InChI=1S/C34H36N4O5/c1-7-20-17(3)25-14-29-23(8-2)33(6)34(38-29,43-33)16-30-19(5)22(10-12-32(41)42)28(37-30)15-27-21(9-11-31(39)40)18(4)24(36-27)13-26(20)35-25/h7-8,13-16,35-38H,1-2,9-12H2,3-6H3,(H,39,40)(H,41,42)/b25-14-,26-13-,28-15-,30-16-/t33-,34-/m0/s1. The zero-order chi connectivity index (χ0) is 30.8. The van der Waals surface area contributed by atoms with Gasteiger partial charge in [0, 0.05) is 62.5 Å². The Balaban J connectivity index is 1.70. The zero-order valence-corrected chi connectivity index (χ0v) is 24.8. The first-order chi connectivity index (χ1) is 20.4. The lowest BCUT2D eigenvalue weighted by Crippen LogP contribution is -2.33. The molecule has 9 nitrogen and oxygen atoms in total. The van der Waals surface area contributed by atoms with Gasteiger partial charge in [-0.3, -0.25) is 9.59 Å². The van der Waals surface area contributed by atoms with E-state index in [1.165, 1.54) is 0 Å². The van der Waals surface area contributed by atoms with Crippen LogP contribution in [0.5, 0.6) is 0 Å². The molecule has 0 unspecified atom stereocenters. The van der Waals surface area contributed by atoms with Crippen molar-refractivity contribution in [2.75, 3.05) is 0 Å². The Morgan fingerprint density at radius 1 is 0.814 bits per heavy atom. The Bertz CT molecular complexity index is 2040. The fourth-order valence-corrected chi connectivity index (χ4v) is 6.65. The molecule has 222 valence electrons. The van der Waals surface area contributed by atoms with Crippen molar-refractivity contribution in [3.8, 4) is 0 Å². The highest BCUT2D eigenvalue weighted by Gasteiger charge is 2.72. The molecule has 43 heavy (non-hydrogen) atoms. The van der Waals surface area contributed by atoms with Crippen molar-refractivity contribution in [2.24, 2.45) is 0 Å². The van der Waals surface area contributed by atoms with Gasteiger partial charge in [-0.25, -0.2) is 0 Å². The molecule has 3 aromatic heterocycles. The zero-order valence-electron chi connectivity index (χ0n) is 24.8. The lowest BCUT2D eigenvalue weighted by molar-refractivity contribution is -0.138. The normalized spacial score (nSPS) is 24.7. The first-order valence-corrected chi connectivity index (χ1v) is 14.4. The second-order valence-corrected chi connectivity index (χ2v) is 11.7. The number of aromatic amines is 3. The van der Waals surface area contributed by atoms with Gasteiger partial charge in [-0.05, 0) is 92.7 Å². The number of hydrogen-bond acceptors (Lipinski definition) is 4. The first kappa shape index (κ1) is 28.4. The minimum atomic E-state index is -0.877. The Morgan fingerprint density at radius 2 is 1.47 bits per heavy atom. The van der Waals surface area contributed by atoms with Gasteiger partial charge in [-0.1, -0.05) is 25.3 Å². The molecule has 0 saturated carbocycles. The largest absolute Gasteiger partial charge is 0.481 e. The Labute approximate surface area is 248 Å². The van der Waals surface area contributed by atoms with Crippen LogP contribution in [0.25, 0.3) is 30.4 Å². The third-order valence-electron chi connectivity index (χ3n) is 9.23. The fourth-order valence-electron chi connectivity index (χ4n) is 6.65. The summed E-state index contributed by atoms with van der Waals surface area (Å²) in [5.41, 5.74) is 7.71.